The van der Waals surface area contributed by atoms with Gasteiger partial charge in [-0.25, -0.2) is 24.7 Å². The number of hydrogen-bond donors (Lipinski definition) is 2. The van der Waals surface area contributed by atoms with Crippen LogP contribution in [-0.2, 0) is 15.0 Å². The molecule has 0 saturated carbocycles. The van der Waals surface area contributed by atoms with Gasteiger partial charge in [-0.05, 0) is 24.0 Å². The molecule has 0 radical (unpaired) electrons. The quantitative estimate of drug-likeness (QED) is 0.381. The van der Waals surface area contributed by atoms with E-state index in [1.165, 1.54) is 11.9 Å². The highest BCUT2D eigenvalue weighted by molar-refractivity contribution is 6.07. The summed E-state index contributed by atoms with van der Waals surface area (Å²) in [5.74, 6) is -6.17. The Morgan fingerprint density at radius 3 is 2.67 bits per heavy atom. The van der Waals surface area contributed by atoms with E-state index in [0.717, 1.165) is 4.90 Å². The van der Waals surface area contributed by atoms with Crippen LogP contribution < -0.4 is 5.32 Å². The van der Waals surface area contributed by atoms with Gasteiger partial charge in [0.1, 0.15) is 22.5 Å². The number of aromatic amines is 1. The van der Waals surface area contributed by atoms with Crippen LogP contribution in [0.2, 0.25) is 0 Å². The number of halogens is 3. The zero-order valence-electron chi connectivity index (χ0n) is 21.4. The number of amides is 3. The lowest BCUT2D eigenvalue weighted by atomic mass is 9.80. The van der Waals surface area contributed by atoms with E-state index in [9.17, 15) is 27.6 Å². The number of carbonyl (C=O) groups is 3. The van der Waals surface area contributed by atoms with Crippen LogP contribution in [0, 0.1) is 29.9 Å². The fourth-order valence-corrected chi connectivity index (χ4v) is 5.50. The number of carbonyl (C=O) groups excluding carboxylic acids is 3. The van der Waals surface area contributed by atoms with E-state index >= 15 is 0 Å². The predicted octanol–water partition coefficient (Wildman–Crippen LogP) is 3.83. The maximum absolute atomic E-state index is 14.2. The summed E-state index contributed by atoms with van der Waals surface area (Å²) in [4.78, 5) is 52.7. The monoisotopic (exact) mass is 538 g/mol. The van der Waals surface area contributed by atoms with Crippen molar-refractivity contribution in [1.29, 1.82) is 0 Å². The first-order valence-electron chi connectivity index (χ1n) is 12.4. The third-order valence-electron chi connectivity index (χ3n) is 7.47. The Kier molecular flexibility index (Phi) is 6.33. The van der Waals surface area contributed by atoms with Crippen molar-refractivity contribution in [3.05, 3.63) is 70.6 Å². The lowest BCUT2D eigenvalue weighted by Crippen LogP contribution is -2.51. The molecule has 0 bridgehead atoms. The van der Waals surface area contributed by atoms with Crippen LogP contribution in [0.5, 0.6) is 0 Å². The number of anilines is 1. The number of imidazole rings is 1. The molecule has 12 heteroatoms. The fourth-order valence-electron chi connectivity index (χ4n) is 5.50. The van der Waals surface area contributed by atoms with Crippen LogP contribution in [0.3, 0.4) is 0 Å². The van der Waals surface area contributed by atoms with E-state index in [1.807, 2.05) is 13.8 Å². The summed E-state index contributed by atoms with van der Waals surface area (Å²) in [6.45, 7) is 11.4. The third-order valence-corrected chi connectivity index (χ3v) is 7.47. The molecular weight excluding hydrogens is 513 g/mol. The summed E-state index contributed by atoms with van der Waals surface area (Å²) in [5, 5.41) is 2.84. The number of nitrogens with one attached hydrogen (secondary N) is 2. The first kappa shape index (κ1) is 26.2. The Bertz CT molecular complexity index is 1560. The molecule has 3 aromatic rings. The van der Waals surface area contributed by atoms with Gasteiger partial charge in [-0.1, -0.05) is 32.0 Å². The molecule has 9 nitrogen and oxygen atoms in total. The second kappa shape index (κ2) is 9.41. The summed E-state index contributed by atoms with van der Waals surface area (Å²) in [6, 6.07) is 6.40. The SMILES string of the molecule is [C-]#[N+][C@@H]1C[C@@]2(CN1C(=O)[C@H](CC(C)C)N(C)C(=O)c1nc3c(F)cc(F)c(F)c3[nH]1)C(=O)Nc1ccccc12. The molecule has 202 valence electrons. The molecule has 1 spiro atoms. The molecular formula is C27H25F3N6O3. The van der Waals surface area contributed by atoms with Gasteiger partial charge in [0.25, 0.3) is 11.8 Å². The van der Waals surface area contributed by atoms with Crippen molar-refractivity contribution < 1.29 is 27.6 Å². The van der Waals surface area contributed by atoms with Gasteiger partial charge in [0.15, 0.2) is 23.3 Å². The molecule has 2 aromatic carbocycles. The third kappa shape index (κ3) is 4.09. The Hall–Kier alpha value is -4.40. The highest BCUT2D eigenvalue weighted by atomic mass is 19.2. The Balaban J connectivity index is 1.48. The highest BCUT2D eigenvalue weighted by Crippen LogP contribution is 2.47. The van der Waals surface area contributed by atoms with Crippen molar-refractivity contribution >= 4 is 34.4 Å². The Labute approximate surface area is 221 Å². The molecule has 1 saturated heterocycles. The minimum Gasteiger partial charge on any atom is -0.331 e. The number of H-pyrrole nitrogens is 1. The van der Waals surface area contributed by atoms with Crippen molar-refractivity contribution in [3.63, 3.8) is 0 Å². The number of para-hydroxylation sites is 1. The summed E-state index contributed by atoms with van der Waals surface area (Å²) < 4.78 is 42.1. The Morgan fingerprint density at radius 1 is 1.26 bits per heavy atom. The standard InChI is InChI=1S/C27H25F3N6O3/c1-13(2)9-18(35(4)25(38)23-33-21-16(29)10-15(28)20(30)22(21)34-23)24(37)36-12-27(11-19(36)31-3)14-7-5-6-8-17(14)32-26(27)39/h5-8,10,13,18-19H,9,11-12H2,1-2,4H3,(H,32,39)(H,33,34)/t18-,19-,27-/m0/s1. The second-order valence-corrected chi connectivity index (χ2v) is 10.4. The van der Waals surface area contributed by atoms with Gasteiger partial charge in [-0.3, -0.25) is 24.1 Å². The molecule has 3 heterocycles. The minimum atomic E-state index is -1.44. The maximum Gasteiger partial charge on any atom is 0.302 e. The lowest BCUT2D eigenvalue weighted by Gasteiger charge is -2.31. The fraction of sp³-hybridized carbons (Fsp3) is 0.370. The van der Waals surface area contributed by atoms with Gasteiger partial charge in [0, 0.05) is 25.3 Å². The largest absolute Gasteiger partial charge is 0.331 e. The maximum atomic E-state index is 14.2. The summed E-state index contributed by atoms with van der Waals surface area (Å²) in [6.07, 6.45) is -0.634. The van der Waals surface area contributed by atoms with E-state index in [0.29, 0.717) is 17.3 Å². The molecule has 2 aliphatic rings. The zero-order valence-corrected chi connectivity index (χ0v) is 21.4. The van der Waals surface area contributed by atoms with Crippen LogP contribution in [0.4, 0.5) is 18.9 Å². The van der Waals surface area contributed by atoms with Gasteiger partial charge >= 0.3 is 6.17 Å². The first-order chi connectivity index (χ1) is 18.5. The van der Waals surface area contributed by atoms with E-state index in [1.54, 1.807) is 24.3 Å². The van der Waals surface area contributed by atoms with Crippen LogP contribution in [0.1, 0.15) is 42.9 Å². The molecule has 3 atom stereocenters. The summed E-state index contributed by atoms with van der Waals surface area (Å²) in [5.41, 5.74) is -0.895. The van der Waals surface area contributed by atoms with E-state index in [2.05, 4.69) is 20.1 Å². The van der Waals surface area contributed by atoms with Crippen LogP contribution in [0.15, 0.2) is 30.3 Å². The number of benzene rings is 2. The average molecular weight is 539 g/mol. The van der Waals surface area contributed by atoms with Crippen LogP contribution in [0.25, 0.3) is 15.9 Å². The van der Waals surface area contributed by atoms with Gasteiger partial charge in [-0.15, -0.1) is 0 Å². The highest BCUT2D eigenvalue weighted by Gasteiger charge is 2.59. The topological polar surface area (TPSA) is 103 Å². The zero-order chi connectivity index (χ0) is 28.2. The molecule has 0 aliphatic carbocycles. The molecule has 1 aromatic heterocycles. The van der Waals surface area contributed by atoms with E-state index < -0.39 is 63.7 Å². The summed E-state index contributed by atoms with van der Waals surface area (Å²) in [7, 11) is 1.35. The van der Waals surface area contributed by atoms with E-state index in [4.69, 9.17) is 6.57 Å². The van der Waals surface area contributed by atoms with Crippen molar-refractivity contribution in [2.24, 2.45) is 5.92 Å². The molecule has 3 amide bonds. The first-order valence-corrected chi connectivity index (χ1v) is 12.4. The van der Waals surface area contributed by atoms with Gasteiger partial charge < -0.3 is 15.2 Å². The molecule has 2 N–H and O–H groups in total. The second-order valence-electron chi connectivity index (χ2n) is 10.4. The minimum absolute atomic E-state index is 0.0430. The van der Waals surface area contributed by atoms with E-state index in [-0.39, 0.29) is 31.2 Å². The molecule has 39 heavy (non-hydrogen) atoms. The molecule has 5 rings (SSSR count). The van der Waals surface area contributed by atoms with Crippen molar-refractivity contribution in [3.8, 4) is 0 Å². The predicted molar refractivity (Wildman–Crippen MR) is 135 cm³/mol. The van der Waals surface area contributed by atoms with Gasteiger partial charge in [0.05, 0.1) is 6.42 Å². The average Bonchev–Trinajstić information content (AvgIpc) is 3.60. The number of likely N-dealkylation sites (N-methyl/N-ethyl adjacent to an activating group) is 1. The molecule has 1 fully saturated rings. The number of hydrogen-bond acceptors (Lipinski definition) is 4. The van der Waals surface area contributed by atoms with Crippen molar-refractivity contribution in [2.45, 2.75) is 44.3 Å². The van der Waals surface area contributed by atoms with Gasteiger partial charge in [0.2, 0.25) is 5.91 Å². The van der Waals surface area contributed by atoms with Crippen molar-refractivity contribution in [1.82, 2.24) is 19.8 Å². The normalized spacial score (nSPS) is 20.8. The number of nitrogens with zero attached hydrogens (tertiary/aromatic N) is 4. The smallest absolute Gasteiger partial charge is 0.302 e. The van der Waals surface area contributed by atoms with Crippen LogP contribution in [-0.4, -0.2) is 63.3 Å². The number of aromatic nitrogens is 2. The number of rotatable bonds is 5. The molecule has 2 aliphatic heterocycles. The number of likely N-dealkylation sites (tertiary alicyclic amines) is 1. The summed E-state index contributed by atoms with van der Waals surface area (Å²) >= 11 is 0. The van der Waals surface area contributed by atoms with Gasteiger partial charge in [-0.2, -0.15) is 0 Å². The molecule has 0 unspecified atom stereocenters. The number of fused-ring (bicyclic) bond motifs is 3. The Morgan fingerprint density at radius 2 is 1.97 bits per heavy atom. The van der Waals surface area contributed by atoms with Crippen molar-refractivity contribution in [2.75, 3.05) is 18.9 Å². The van der Waals surface area contributed by atoms with Crippen LogP contribution >= 0.6 is 0 Å². The lowest BCUT2D eigenvalue weighted by molar-refractivity contribution is -0.136.